The van der Waals surface area contributed by atoms with Gasteiger partial charge in [-0.15, -0.1) is 0 Å². The van der Waals surface area contributed by atoms with E-state index in [1.165, 1.54) is 16.5 Å². The number of hydrogen-bond donors (Lipinski definition) is 0. The lowest BCUT2D eigenvalue weighted by atomic mass is 9.98. The molecule has 0 N–H and O–H groups in total. The molecule has 1 fully saturated rings. The number of carbonyl (C=O) groups is 2. The van der Waals surface area contributed by atoms with E-state index in [1.807, 2.05) is 6.92 Å². The SMILES string of the molecule is CCOC(=O)C1CCCN(C(=O)COc2cccn3c(=O)c(-c4cc(C)n(-c5ccc(F)cc5)n4)c(C)nc23)C1. The predicted octanol–water partition coefficient (Wildman–Crippen LogP) is 3.48. The molecule has 1 amide bonds. The number of amides is 1. The van der Waals surface area contributed by atoms with Crippen LogP contribution in [0.15, 0.2) is 53.5 Å². The molecule has 1 aliphatic rings. The van der Waals surface area contributed by atoms with Crippen LogP contribution in [-0.4, -0.2) is 62.2 Å². The zero-order chi connectivity index (χ0) is 28.4. The first-order valence-corrected chi connectivity index (χ1v) is 13.2. The molecule has 208 valence electrons. The minimum Gasteiger partial charge on any atom is -0.480 e. The van der Waals surface area contributed by atoms with Crippen molar-refractivity contribution in [2.75, 3.05) is 26.3 Å². The third-order valence-corrected chi connectivity index (χ3v) is 6.96. The van der Waals surface area contributed by atoms with Gasteiger partial charge in [-0.1, -0.05) is 0 Å². The van der Waals surface area contributed by atoms with Crippen molar-refractivity contribution in [2.45, 2.75) is 33.6 Å². The van der Waals surface area contributed by atoms with Crippen LogP contribution in [0.25, 0.3) is 22.6 Å². The summed E-state index contributed by atoms with van der Waals surface area (Å²) in [4.78, 5) is 44.9. The van der Waals surface area contributed by atoms with Gasteiger partial charge in [-0.3, -0.25) is 18.8 Å². The molecule has 3 aromatic heterocycles. The Balaban J connectivity index is 1.38. The van der Waals surface area contributed by atoms with Crippen LogP contribution in [0.2, 0.25) is 0 Å². The molecule has 0 spiro atoms. The standard InChI is InChI=1S/C29H30FN5O5/c1-4-39-29(38)20-7-5-13-33(16-20)25(36)17-40-24-8-6-14-34-27(24)31-19(3)26(28(34)37)23-15-18(2)35(32-23)22-11-9-21(30)10-12-22/h6,8-12,14-15,20H,4-5,7,13,16-17H2,1-3H3. The maximum Gasteiger partial charge on any atom is 0.310 e. The maximum absolute atomic E-state index is 13.6. The summed E-state index contributed by atoms with van der Waals surface area (Å²) in [5, 5.41) is 4.60. The number of nitrogens with zero attached hydrogens (tertiary/aromatic N) is 5. The van der Waals surface area contributed by atoms with E-state index in [2.05, 4.69) is 10.1 Å². The fourth-order valence-corrected chi connectivity index (χ4v) is 4.98. The van der Waals surface area contributed by atoms with Gasteiger partial charge >= 0.3 is 5.97 Å². The highest BCUT2D eigenvalue weighted by atomic mass is 19.1. The van der Waals surface area contributed by atoms with Gasteiger partial charge in [0.15, 0.2) is 18.0 Å². The number of aromatic nitrogens is 4. The molecular weight excluding hydrogens is 517 g/mol. The molecule has 10 nitrogen and oxygen atoms in total. The van der Waals surface area contributed by atoms with Crippen LogP contribution in [-0.2, 0) is 14.3 Å². The smallest absolute Gasteiger partial charge is 0.310 e. The van der Waals surface area contributed by atoms with E-state index in [9.17, 15) is 18.8 Å². The zero-order valence-corrected chi connectivity index (χ0v) is 22.6. The summed E-state index contributed by atoms with van der Waals surface area (Å²) < 4.78 is 27.4. The number of esters is 1. The number of aryl methyl sites for hydroxylation is 2. The molecule has 4 heterocycles. The molecule has 1 aliphatic heterocycles. The van der Waals surface area contributed by atoms with Crippen LogP contribution < -0.4 is 10.3 Å². The van der Waals surface area contributed by atoms with Crippen molar-refractivity contribution in [2.24, 2.45) is 5.92 Å². The van der Waals surface area contributed by atoms with Crippen molar-refractivity contribution in [3.8, 4) is 22.7 Å². The van der Waals surface area contributed by atoms with Crippen LogP contribution in [0.4, 0.5) is 4.39 Å². The van der Waals surface area contributed by atoms with Crippen LogP contribution in [0, 0.1) is 25.6 Å². The number of fused-ring (bicyclic) bond motifs is 1. The Morgan fingerprint density at radius 1 is 1.15 bits per heavy atom. The van der Waals surface area contributed by atoms with Gasteiger partial charge in [0.25, 0.3) is 11.5 Å². The highest BCUT2D eigenvalue weighted by Gasteiger charge is 2.29. The number of ether oxygens (including phenoxy) is 2. The van der Waals surface area contributed by atoms with Crippen molar-refractivity contribution in [3.63, 3.8) is 0 Å². The minimum absolute atomic E-state index is 0.256. The number of likely N-dealkylation sites (tertiary alicyclic amines) is 1. The van der Waals surface area contributed by atoms with Gasteiger partial charge in [-0.05, 0) is 76.1 Å². The second-order valence-electron chi connectivity index (χ2n) is 9.72. The normalized spacial score (nSPS) is 15.3. The van der Waals surface area contributed by atoms with Crippen LogP contribution in [0.1, 0.15) is 31.2 Å². The summed E-state index contributed by atoms with van der Waals surface area (Å²) in [6.07, 6.45) is 2.97. The quantitative estimate of drug-likeness (QED) is 0.326. The molecule has 1 aromatic carbocycles. The molecule has 1 saturated heterocycles. The van der Waals surface area contributed by atoms with E-state index in [1.54, 1.807) is 60.0 Å². The van der Waals surface area contributed by atoms with Gasteiger partial charge in [0.05, 0.1) is 29.5 Å². The highest BCUT2D eigenvalue weighted by Crippen LogP contribution is 2.25. The van der Waals surface area contributed by atoms with Gasteiger partial charge in [-0.2, -0.15) is 5.10 Å². The molecular formula is C29H30FN5O5. The summed E-state index contributed by atoms with van der Waals surface area (Å²) in [7, 11) is 0. The number of benzene rings is 1. The lowest BCUT2D eigenvalue weighted by Gasteiger charge is -2.31. The minimum atomic E-state index is -0.349. The van der Waals surface area contributed by atoms with Crippen molar-refractivity contribution in [1.29, 1.82) is 0 Å². The number of carbonyl (C=O) groups excluding carboxylic acids is 2. The molecule has 1 atom stereocenters. The zero-order valence-electron chi connectivity index (χ0n) is 22.6. The van der Waals surface area contributed by atoms with Gasteiger partial charge in [0.1, 0.15) is 11.5 Å². The molecule has 4 aromatic rings. The molecule has 5 rings (SSSR count). The Morgan fingerprint density at radius 3 is 2.67 bits per heavy atom. The second kappa shape index (κ2) is 11.3. The van der Waals surface area contributed by atoms with E-state index < -0.39 is 0 Å². The average Bonchev–Trinajstić information content (AvgIpc) is 3.33. The number of hydrogen-bond acceptors (Lipinski definition) is 7. The predicted molar refractivity (Wildman–Crippen MR) is 145 cm³/mol. The lowest BCUT2D eigenvalue weighted by Crippen LogP contribution is -2.44. The largest absolute Gasteiger partial charge is 0.480 e. The van der Waals surface area contributed by atoms with Crippen molar-refractivity contribution in [3.05, 3.63) is 76.2 Å². The molecule has 40 heavy (non-hydrogen) atoms. The van der Waals surface area contributed by atoms with Crippen molar-refractivity contribution >= 4 is 17.5 Å². The third-order valence-electron chi connectivity index (χ3n) is 6.96. The topological polar surface area (TPSA) is 108 Å². The van der Waals surface area contributed by atoms with Crippen molar-refractivity contribution in [1.82, 2.24) is 24.1 Å². The molecule has 0 aliphatic carbocycles. The number of pyridine rings is 1. The monoisotopic (exact) mass is 547 g/mol. The fourth-order valence-electron chi connectivity index (χ4n) is 4.98. The van der Waals surface area contributed by atoms with E-state index in [0.29, 0.717) is 55.2 Å². The fraction of sp³-hybridized carbons (Fsp3) is 0.345. The third kappa shape index (κ3) is 5.31. The Morgan fingerprint density at radius 2 is 1.93 bits per heavy atom. The summed E-state index contributed by atoms with van der Waals surface area (Å²) >= 11 is 0. The Labute approximate surface area is 230 Å². The highest BCUT2D eigenvalue weighted by molar-refractivity contribution is 5.80. The summed E-state index contributed by atoms with van der Waals surface area (Å²) in [5.74, 6) is -0.949. The van der Waals surface area contributed by atoms with Gasteiger partial charge in [-0.25, -0.2) is 14.1 Å². The Hall–Kier alpha value is -4.54. The van der Waals surface area contributed by atoms with Gasteiger partial charge < -0.3 is 14.4 Å². The van der Waals surface area contributed by atoms with Gasteiger partial charge in [0, 0.05) is 25.0 Å². The van der Waals surface area contributed by atoms with Crippen molar-refractivity contribution < 1.29 is 23.5 Å². The average molecular weight is 548 g/mol. The number of rotatable bonds is 7. The van der Waals surface area contributed by atoms with Crippen LogP contribution in [0.5, 0.6) is 5.75 Å². The van der Waals surface area contributed by atoms with E-state index in [-0.39, 0.29) is 47.2 Å². The van der Waals surface area contributed by atoms with E-state index in [0.717, 1.165) is 5.69 Å². The van der Waals surface area contributed by atoms with Gasteiger partial charge in [0.2, 0.25) is 0 Å². The lowest BCUT2D eigenvalue weighted by molar-refractivity contribution is -0.151. The molecule has 11 heteroatoms. The van der Waals surface area contributed by atoms with E-state index >= 15 is 0 Å². The van der Waals surface area contributed by atoms with Crippen LogP contribution >= 0.6 is 0 Å². The first kappa shape index (κ1) is 27.0. The Kier molecular flexibility index (Phi) is 7.63. The maximum atomic E-state index is 13.6. The second-order valence-corrected chi connectivity index (χ2v) is 9.72. The van der Waals surface area contributed by atoms with E-state index in [4.69, 9.17) is 9.47 Å². The number of halogens is 1. The molecule has 0 saturated carbocycles. The molecule has 1 unspecified atom stereocenters. The summed E-state index contributed by atoms with van der Waals surface area (Å²) in [6.45, 7) is 6.20. The summed E-state index contributed by atoms with van der Waals surface area (Å²) in [6, 6.07) is 11.0. The number of piperidine rings is 1. The van der Waals surface area contributed by atoms with Crippen LogP contribution in [0.3, 0.4) is 0 Å². The molecule has 0 bridgehead atoms. The molecule has 0 radical (unpaired) electrons. The summed E-state index contributed by atoms with van der Waals surface area (Å²) in [5.41, 5.74) is 2.59. The first-order valence-electron chi connectivity index (χ1n) is 13.2. The first-order chi connectivity index (χ1) is 19.3. The Bertz CT molecular complexity index is 1630.